The Balaban J connectivity index is 2.34. The minimum absolute atomic E-state index is 0.0922. The quantitative estimate of drug-likeness (QED) is 0.524. The predicted octanol–water partition coefficient (Wildman–Crippen LogP) is 2.55. The van der Waals surface area contributed by atoms with Crippen molar-refractivity contribution in [3.8, 4) is 6.07 Å². The fourth-order valence-corrected chi connectivity index (χ4v) is 3.13. The molecule has 0 spiro atoms. The van der Waals surface area contributed by atoms with Crippen molar-refractivity contribution >= 4 is 33.3 Å². The minimum atomic E-state index is -0.0922. The number of thioether (sulfide) groups is 1. The Morgan fingerprint density at radius 3 is 3.18 bits per heavy atom. The van der Waals surface area contributed by atoms with E-state index >= 15 is 0 Å². The van der Waals surface area contributed by atoms with Gasteiger partial charge in [0.05, 0.1) is 11.5 Å². The number of hydrogen-bond donors (Lipinski definition) is 1. The van der Waals surface area contributed by atoms with Gasteiger partial charge in [0.25, 0.3) is 5.56 Å². The van der Waals surface area contributed by atoms with E-state index in [0.29, 0.717) is 22.7 Å². The van der Waals surface area contributed by atoms with Crippen molar-refractivity contribution in [3.63, 3.8) is 0 Å². The molecule has 17 heavy (non-hydrogen) atoms. The highest BCUT2D eigenvalue weighted by molar-refractivity contribution is 7.99. The van der Waals surface area contributed by atoms with Gasteiger partial charge in [-0.15, -0.1) is 11.3 Å². The summed E-state index contributed by atoms with van der Waals surface area (Å²) in [5, 5.41) is 9.71. The number of nitriles is 1. The van der Waals surface area contributed by atoms with Crippen molar-refractivity contribution in [2.75, 3.05) is 5.75 Å². The first-order valence-electron chi connectivity index (χ1n) is 5.27. The number of thiophene rings is 1. The van der Waals surface area contributed by atoms with Crippen LogP contribution in [-0.2, 0) is 6.42 Å². The van der Waals surface area contributed by atoms with Crippen LogP contribution in [0.4, 0.5) is 0 Å². The van der Waals surface area contributed by atoms with E-state index in [1.54, 1.807) is 11.3 Å². The fraction of sp³-hybridized carbons (Fsp3) is 0.364. The van der Waals surface area contributed by atoms with E-state index in [9.17, 15) is 4.79 Å². The molecule has 0 aliphatic carbocycles. The van der Waals surface area contributed by atoms with Crippen LogP contribution < -0.4 is 5.56 Å². The number of nitrogens with one attached hydrogen (secondary N) is 1. The topological polar surface area (TPSA) is 69.5 Å². The molecule has 6 heteroatoms. The minimum Gasteiger partial charge on any atom is -0.301 e. The fourth-order valence-electron chi connectivity index (χ4n) is 1.40. The maximum Gasteiger partial charge on any atom is 0.260 e. The highest BCUT2D eigenvalue weighted by Gasteiger charge is 2.08. The van der Waals surface area contributed by atoms with Crippen LogP contribution in [0.5, 0.6) is 0 Å². The van der Waals surface area contributed by atoms with E-state index in [4.69, 9.17) is 5.26 Å². The Labute approximate surface area is 107 Å². The van der Waals surface area contributed by atoms with Crippen molar-refractivity contribution in [2.24, 2.45) is 0 Å². The van der Waals surface area contributed by atoms with Crippen molar-refractivity contribution in [1.82, 2.24) is 9.97 Å². The summed E-state index contributed by atoms with van der Waals surface area (Å²) in [4.78, 5) is 20.9. The van der Waals surface area contributed by atoms with Gasteiger partial charge in [-0.2, -0.15) is 5.26 Å². The first-order valence-corrected chi connectivity index (χ1v) is 7.07. The van der Waals surface area contributed by atoms with Crippen LogP contribution in [0.25, 0.3) is 10.2 Å². The molecule has 0 aromatic carbocycles. The summed E-state index contributed by atoms with van der Waals surface area (Å²) in [5.41, 5.74) is -0.0922. The molecule has 2 rings (SSSR count). The molecule has 0 aliphatic heterocycles. The Morgan fingerprint density at radius 2 is 2.47 bits per heavy atom. The third kappa shape index (κ3) is 2.68. The Morgan fingerprint density at radius 1 is 1.65 bits per heavy atom. The summed E-state index contributed by atoms with van der Waals surface area (Å²) in [5.74, 6) is 0.650. The highest BCUT2D eigenvalue weighted by Crippen LogP contribution is 2.23. The summed E-state index contributed by atoms with van der Waals surface area (Å²) in [6.45, 7) is 2.06. The lowest BCUT2D eigenvalue weighted by atomic mass is 10.3. The number of hydrogen-bond acceptors (Lipinski definition) is 5. The number of fused-ring (bicyclic) bond motifs is 1. The van der Waals surface area contributed by atoms with Crippen LogP contribution in [0.3, 0.4) is 0 Å². The summed E-state index contributed by atoms with van der Waals surface area (Å²) >= 11 is 2.96. The summed E-state index contributed by atoms with van der Waals surface area (Å²) in [6, 6.07) is 3.96. The molecule has 0 amide bonds. The van der Waals surface area contributed by atoms with E-state index in [1.807, 2.05) is 6.07 Å². The van der Waals surface area contributed by atoms with Crippen LogP contribution in [0.2, 0.25) is 0 Å². The lowest BCUT2D eigenvalue weighted by Gasteiger charge is -1.97. The molecule has 2 aromatic rings. The molecular formula is C11H11N3OS2. The van der Waals surface area contributed by atoms with Crippen molar-refractivity contribution in [1.29, 1.82) is 5.26 Å². The first-order chi connectivity index (χ1) is 8.24. The van der Waals surface area contributed by atoms with Crippen LogP contribution in [-0.4, -0.2) is 15.7 Å². The average Bonchev–Trinajstić information content (AvgIpc) is 2.73. The number of aryl methyl sites for hydroxylation is 1. The zero-order valence-electron chi connectivity index (χ0n) is 9.32. The third-order valence-corrected chi connectivity index (χ3v) is 4.28. The molecule has 2 heterocycles. The molecule has 0 atom stereocenters. The van der Waals surface area contributed by atoms with Crippen LogP contribution in [0.1, 0.15) is 18.2 Å². The van der Waals surface area contributed by atoms with Gasteiger partial charge in [0, 0.05) is 17.1 Å². The van der Waals surface area contributed by atoms with Gasteiger partial charge in [0.15, 0.2) is 5.16 Å². The second kappa shape index (κ2) is 5.34. The summed E-state index contributed by atoms with van der Waals surface area (Å²) in [7, 11) is 0. The van der Waals surface area contributed by atoms with Gasteiger partial charge in [-0.1, -0.05) is 18.7 Å². The Bertz CT molecular complexity index is 624. The third-order valence-electron chi connectivity index (χ3n) is 2.23. The number of H-pyrrole nitrogens is 1. The van der Waals surface area contributed by atoms with Crippen LogP contribution in [0.15, 0.2) is 16.0 Å². The molecule has 1 N–H and O–H groups in total. The lowest BCUT2D eigenvalue weighted by molar-refractivity contribution is 0.978. The van der Waals surface area contributed by atoms with Crippen molar-refractivity contribution in [2.45, 2.75) is 24.9 Å². The zero-order valence-corrected chi connectivity index (χ0v) is 11.0. The molecule has 0 saturated heterocycles. The monoisotopic (exact) mass is 265 g/mol. The maximum atomic E-state index is 11.8. The number of aromatic nitrogens is 2. The smallest absolute Gasteiger partial charge is 0.260 e. The normalized spacial score (nSPS) is 10.6. The number of aromatic amines is 1. The maximum absolute atomic E-state index is 11.8. The second-order valence-electron chi connectivity index (χ2n) is 3.41. The number of nitrogens with zero attached hydrogens (tertiary/aromatic N) is 2. The molecular weight excluding hydrogens is 254 g/mol. The molecule has 0 radical (unpaired) electrons. The Hall–Kier alpha value is -1.32. The highest BCUT2D eigenvalue weighted by atomic mass is 32.2. The van der Waals surface area contributed by atoms with Gasteiger partial charge < -0.3 is 4.98 Å². The molecule has 0 aliphatic rings. The molecule has 2 aromatic heterocycles. The van der Waals surface area contributed by atoms with E-state index in [-0.39, 0.29) is 5.56 Å². The summed E-state index contributed by atoms with van der Waals surface area (Å²) in [6.07, 6.45) is 1.37. The van der Waals surface area contributed by atoms with Gasteiger partial charge in [-0.05, 0) is 12.5 Å². The largest absolute Gasteiger partial charge is 0.301 e. The summed E-state index contributed by atoms with van der Waals surface area (Å²) < 4.78 is 0. The zero-order chi connectivity index (χ0) is 12.3. The van der Waals surface area contributed by atoms with Gasteiger partial charge >= 0.3 is 0 Å². The molecule has 0 unspecified atom stereocenters. The Kier molecular flexibility index (Phi) is 3.82. The van der Waals surface area contributed by atoms with Crippen molar-refractivity contribution in [3.05, 3.63) is 21.3 Å². The van der Waals surface area contributed by atoms with E-state index in [1.165, 1.54) is 11.8 Å². The van der Waals surface area contributed by atoms with Crippen LogP contribution >= 0.6 is 23.1 Å². The predicted molar refractivity (Wildman–Crippen MR) is 70.6 cm³/mol. The molecule has 4 nitrogen and oxygen atoms in total. The molecule has 0 bridgehead atoms. The molecule has 0 saturated carbocycles. The average molecular weight is 265 g/mol. The van der Waals surface area contributed by atoms with E-state index in [2.05, 4.69) is 23.0 Å². The second-order valence-corrected chi connectivity index (χ2v) is 5.61. The van der Waals surface area contributed by atoms with Crippen LogP contribution in [0, 0.1) is 11.3 Å². The van der Waals surface area contributed by atoms with Crippen molar-refractivity contribution < 1.29 is 0 Å². The van der Waals surface area contributed by atoms with Gasteiger partial charge in [0.2, 0.25) is 0 Å². The lowest BCUT2D eigenvalue weighted by Crippen LogP contribution is -2.07. The SMILES string of the molecule is CCc1cc2c(=O)[nH]c(SCCC#N)nc2s1. The van der Waals surface area contributed by atoms with Gasteiger partial charge in [-0.25, -0.2) is 4.98 Å². The van der Waals surface area contributed by atoms with Gasteiger partial charge in [-0.3, -0.25) is 4.79 Å². The molecule has 88 valence electrons. The van der Waals surface area contributed by atoms with E-state index < -0.39 is 0 Å². The first kappa shape index (κ1) is 12.1. The number of rotatable bonds is 4. The standard InChI is InChI=1S/C11H11N3OS2/c1-2-7-6-8-9(15)13-11(14-10(8)17-7)16-5-3-4-12/h6H,2-3,5H2,1H3,(H,13,14,15). The van der Waals surface area contributed by atoms with E-state index in [0.717, 1.165) is 16.1 Å². The van der Waals surface area contributed by atoms with Gasteiger partial charge in [0.1, 0.15) is 4.83 Å². The molecule has 0 fully saturated rings.